The molecular weight excluding hydrogens is 234 g/mol. The number of rotatable bonds is 7. The van der Waals surface area contributed by atoms with Crippen molar-refractivity contribution in [3.63, 3.8) is 0 Å². The standard InChI is InChI=1S/C12H19N3O3/c1-9(2)13-5-4-6-18-12-10(3)7-11(8-14-12)15(16)17/h7-9,13H,4-6H2,1-3H3. The number of aromatic nitrogens is 1. The second-order valence-electron chi connectivity index (χ2n) is 4.38. The summed E-state index contributed by atoms with van der Waals surface area (Å²) in [6.07, 6.45) is 2.09. The number of ether oxygens (including phenoxy) is 1. The zero-order chi connectivity index (χ0) is 13.5. The van der Waals surface area contributed by atoms with Gasteiger partial charge in [-0.15, -0.1) is 0 Å². The van der Waals surface area contributed by atoms with E-state index < -0.39 is 4.92 Å². The smallest absolute Gasteiger partial charge is 0.288 e. The van der Waals surface area contributed by atoms with E-state index >= 15 is 0 Å². The highest BCUT2D eigenvalue weighted by atomic mass is 16.6. The van der Waals surface area contributed by atoms with Crippen LogP contribution in [-0.2, 0) is 0 Å². The first-order chi connectivity index (χ1) is 8.50. The molecule has 100 valence electrons. The van der Waals surface area contributed by atoms with E-state index in [1.54, 1.807) is 6.92 Å². The third-order valence-corrected chi connectivity index (χ3v) is 2.34. The fourth-order valence-corrected chi connectivity index (χ4v) is 1.43. The number of hydrogen-bond acceptors (Lipinski definition) is 5. The molecule has 0 saturated heterocycles. The van der Waals surface area contributed by atoms with E-state index in [0.29, 0.717) is 24.1 Å². The summed E-state index contributed by atoms with van der Waals surface area (Å²) in [5.74, 6) is 0.463. The number of nitro groups is 1. The van der Waals surface area contributed by atoms with Crippen molar-refractivity contribution in [1.29, 1.82) is 0 Å². The first-order valence-corrected chi connectivity index (χ1v) is 5.98. The molecule has 0 bridgehead atoms. The molecule has 1 heterocycles. The third kappa shape index (κ3) is 4.67. The average Bonchev–Trinajstić information content (AvgIpc) is 2.29. The van der Waals surface area contributed by atoms with E-state index in [4.69, 9.17) is 4.74 Å². The van der Waals surface area contributed by atoms with Gasteiger partial charge in [0.1, 0.15) is 6.20 Å². The van der Waals surface area contributed by atoms with Gasteiger partial charge in [-0.2, -0.15) is 0 Å². The Morgan fingerprint density at radius 3 is 2.83 bits per heavy atom. The van der Waals surface area contributed by atoms with Crippen LogP contribution in [0.1, 0.15) is 25.8 Å². The summed E-state index contributed by atoms with van der Waals surface area (Å²) >= 11 is 0. The summed E-state index contributed by atoms with van der Waals surface area (Å²) in [6, 6.07) is 1.93. The summed E-state index contributed by atoms with van der Waals surface area (Å²) in [5, 5.41) is 13.8. The maximum Gasteiger partial charge on any atom is 0.288 e. The van der Waals surface area contributed by atoms with Gasteiger partial charge < -0.3 is 10.1 Å². The number of nitrogens with one attached hydrogen (secondary N) is 1. The largest absolute Gasteiger partial charge is 0.477 e. The topological polar surface area (TPSA) is 77.3 Å². The summed E-state index contributed by atoms with van der Waals surface area (Å²) in [5.41, 5.74) is 0.669. The van der Waals surface area contributed by atoms with Gasteiger partial charge in [-0.1, -0.05) is 13.8 Å². The van der Waals surface area contributed by atoms with Gasteiger partial charge >= 0.3 is 0 Å². The van der Waals surface area contributed by atoms with Crippen LogP contribution in [0.4, 0.5) is 5.69 Å². The molecule has 0 atom stereocenters. The van der Waals surface area contributed by atoms with Crippen molar-refractivity contribution in [1.82, 2.24) is 10.3 Å². The van der Waals surface area contributed by atoms with Crippen molar-refractivity contribution < 1.29 is 9.66 Å². The molecule has 0 saturated carbocycles. The SMILES string of the molecule is Cc1cc([N+](=O)[O-])cnc1OCCCNC(C)C. The van der Waals surface area contributed by atoms with Crippen molar-refractivity contribution in [2.75, 3.05) is 13.2 Å². The number of nitrogens with zero attached hydrogens (tertiary/aromatic N) is 2. The van der Waals surface area contributed by atoms with Gasteiger partial charge in [0.05, 0.1) is 11.5 Å². The molecule has 0 fully saturated rings. The van der Waals surface area contributed by atoms with Crippen LogP contribution < -0.4 is 10.1 Å². The fraction of sp³-hybridized carbons (Fsp3) is 0.583. The Morgan fingerprint density at radius 1 is 1.56 bits per heavy atom. The Morgan fingerprint density at radius 2 is 2.28 bits per heavy atom. The summed E-state index contributed by atoms with van der Waals surface area (Å²) < 4.78 is 5.48. The van der Waals surface area contributed by atoms with Crippen LogP contribution >= 0.6 is 0 Å². The van der Waals surface area contributed by atoms with Gasteiger partial charge in [0.25, 0.3) is 5.69 Å². The molecule has 0 unspecified atom stereocenters. The van der Waals surface area contributed by atoms with Crippen molar-refractivity contribution in [2.24, 2.45) is 0 Å². The molecule has 0 aromatic carbocycles. The Balaban J connectivity index is 2.41. The van der Waals surface area contributed by atoms with Crippen molar-refractivity contribution >= 4 is 5.69 Å². The molecule has 0 aliphatic heterocycles. The molecule has 0 aliphatic carbocycles. The quantitative estimate of drug-likeness (QED) is 0.457. The highest BCUT2D eigenvalue weighted by Crippen LogP contribution is 2.19. The zero-order valence-corrected chi connectivity index (χ0v) is 11.0. The molecule has 0 spiro atoms. The van der Waals surface area contributed by atoms with Gasteiger partial charge in [0.15, 0.2) is 0 Å². The monoisotopic (exact) mass is 253 g/mol. The molecule has 1 aromatic rings. The van der Waals surface area contributed by atoms with Gasteiger partial charge in [-0.05, 0) is 19.9 Å². The fourth-order valence-electron chi connectivity index (χ4n) is 1.43. The van der Waals surface area contributed by atoms with Crippen LogP contribution in [-0.4, -0.2) is 29.1 Å². The number of aryl methyl sites for hydroxylation is 1. The van der Waals surface area contributed by atoms with Crippen molar-refractivity contribution in [2.45, 2.75) is 33.2 Å². The van der Waals surface area contributed by atoms with E-state index in [9.17, 15) is 10.1 Å². The lowest BCUT2D eigenvalue weighted by Crippen LogP contribution is -2.24. The van der Waals surface area contributed by atoms with Gasteiger partial charge in [-0.25, -0.2) is 4.98 Å². The normalized spacial score (nSPS) is 10.7. The molecule has 0 radical (unpaired) electrons. The van der Waals surface area contributed by atoms with E-state index in [2.05, 4.69) is 24.1 Å². The highest BCUT2D eigenvalue weighted by molar-refractivity contribution is 5.36. The maximum atomic E-state index is 10.5. The molecule has 1 rings (SSSR count). The Hall–Kier alpha value is -1.69. The minimum atomic E-state index is -0.462. The Bertz CT molecular complexity index is 408. The first kappa shape index (κ1) is 14.4. The highest BCUT2D eigenvalue weighted by Gasteiger charge is 2.09. The second-order valence-corrected chi connectivity index (χ2v) is 4.38. The minimum absolute atomic E-state index is 0.0127. The molecule has 0 aliphatic rings. The Kier molecular flexibility index (Phi) is 5.51. The van der Waals surface area contributed by atoms with Crippen LogP contribution in [0.2, 0.25) is 0 Å². The van der Waals surface area contributed by atoms with E-state index in [1.165, 1.54) is 12.3 Å². The summed E-state index contributed by atoms with van der Waals surface area (Å²) in [6.45, 7) is 7.35. The molecule has 1 aromatic heterocycles. The van der Waals surface area contributed by atoms with Crippen LogP contribution in [0.5, 0.6) is 5.88 Å². The first-order valence-electron chi connectivity index (χ1n) is 5.98. The lowest BCUT2D eigenvalue weighted by atomic mass is 10.3. The number of pyridine rings is 1. The van der Waals surface area contributed by atoms with E-state index in [1.807, 2.05) is 0 Å². The van der Waals surface area contributed by atoms with Gasteiger partial charge in [-0.3, -0.25) is 10.1 Å². The van der Waals surface area contributed by atoms with Gasteiger partial charge in [0, 0.05) is 17.7 Å². The average molecular weight is 253 g/mol. The van der Waals surface area contributed by atoms with Crippen molar-refractivity contribution in [3.05, 3.63) is 27.9 Å². The maximum absolute atomic E-state index is 10.5. The predicted molar refractivity (Wildman–Crippen MR) is 68.9 cm³/mol. The molecule has 1 N–H and O–H groups in total. The predicted octanol–water partition coefficient (Wildman–Crippen LogP) is 2.07. The lowest BCUT2D eigenvalue weighted by molar-refractivity contribution is -0.385. The Labute approximate surface area is 107 Å². The zero-order valence-electron chi connectivity index (χ0n) is 11.0. The number of hydrogen-bond donors (Lipinski definition) is 1. The summed E-state index contributed by atoms with van der Waals surface area (Å²) in [7, 11) is 0. The van der Waals surface area contributed by atoms with Crippen LogP contribution in [0.25, 0.3) is 0 Å². The van der Waals surface area contributed by atoms with Crippen LogP contribution in [0.15, 0.2) is 12.3 Å². The van der Waals surface area contributed by atoms with Crippen LogP contribution in [0, 0.1) is 17.0 Å². The lowest BCUT2D eigenvalue weighted by Gasteiger charge is -2.09. The second kappa shape index (κ2) is 6.90. The molecule has 0 amide bonds. The molecule has 6 heteroatoms. The molecule has 18 heavy (non-hydrogen) atoms. The van der Waals surface area contributed by atoms with E-state index in [-0.39, 0.29) is 5.69 Å². The van der Waals surface area contributed by atoms with Crippen LogP contribution in [0.3, 0.4) is 0 Å². The minimum Gasteiger partial charge on any atom is -0.477 e. The van der Waals surface area contributed by atoms with Gasteiger partial charge in [0.2, 0.25) is 5.88 Å². The van der Waals surface area contributed by atoms with Crippen molar-refractivity contribution in [3.8, 4) is 5.88 Å². The summed E-state index contributed by atoms with van der Waals surface area (Å²) in [4.78, 5) is 14.0. The third-order valence-electron chi connectivity index (χ3n) is 2.34. The molecular formula is C12H19N3O3. The molecule has 6 nitrogen and oxygen atoms in total. The van der Waals surface area contributed by atoms with E-state index in [0.717, 1.165) is 13.0 Å².